The molecule has 0 bridgehead atoms. The molecule has 2 aromatic rings. The van der Waals surface area contributed by atoms with Gasteiger partial charge in [0.2, 0.25) is 0 Å². The average molecular weight is 333 g/mol. The maximum atomic E-state index is 12.1. The second-order valence-corrected chi connectivity index (χ2v) is 6.18. The summed E-state index contributed by atoms with van der Waals surface area (Å²) in [5.41, 5.74) is 0. The van der Waals surface area contributed by atoms with Gasteiger partial charge in [-0.25, -0.2) is 0 Å². The predicted molar refractivity (Wildman–Crippen MR) is 77.3 cm³/mol. The third-order valence-electron chi connectivity index (χ3n) is 2.44. The van der Waals surface area contributed by atoms with Gasteiger partial charge < -0.3 is 8.92 Å². The molecule has 2 aromatic carbocycles. The van der Waals surface area contributed by atoms with Gasteiger partial charge in [0.1, 0.15) is 10.6 Å². The van der Waals surface area contributed by atoms with Crippen LogP contribution in [-0.2, 0) is 10.1 Å². The molecule has 0 aliphatic heterocycles. The summed E-state index contributed by atoms with van der Waals surface area (Å²) >= 11 is 11.7. The quantitative estimate of drug-likeness (QED) is 0.799. The Bertz CT molecular complexity index is 712. The van der Waals surface area contributed by atoms with Gasteiger partial charge in [-0.2, -0.15) is 8.42 Å². The lowest BCUT2D eigenvalue weighted by molar-refractivity contribution is 0.414. The molecule has 0 aliphatic carbocycles. The Morgan fingerprint density at radius 2 is 1.65 bits per heavy atom. The second kappa shape index (κ2) is 5.91. The molecule has 4 nitrogen and oxygen atoms in total. The van der Waals surface area contributed by atoms with Crippen LogP contribution in [0.4, 0.5) is 0 Å². The molecule has 0 aliphatic rings. The van der Waals surface area contributed by atoms with Crippen LogP contribution in [0.3, 0.4) is 0 Å². The first kappa shape index (κ1) is 15.0. The molecular weight excluding hydrogens is 323 g/mol. The maximum Gasteiger partial charge on any atom is 0.339 e. The normalized spacial score (nSPS) is 11.2. The lowest BCUT2D eigenvalue weighted by Crippen LogP contribution is -2.10. The number of halogens is 2. The summed E-state index contributed by atoms with van der Waals surface area (Å²) in [6, 6.07) is 10.1. The Hall–Kier alpha value is -1.43. The SMILES string of the molecule is COc1ccc(S(=O)(=O)Oc2cc(Cl)ccc2Cl)cc1. The standard InChI is InChI=1S/C13H10Cl2O4S/c1-18-10-3-5-11(6-4-10)20(16,17)19-13-8-9(14)2-7-12(13)15/h2-8H,1H3. The molecule has 0 amide bonds. The van der Waals surface area contributed by atoms with Crippen molar-refractivity contribution in [1.82, 2.24) is 0 Å². The fourth-order valence-electron chi connectivity index (χ4n) is 1.45. The van der Waals surface area contributed by atoms with Gasteiger partial charge in [-0.1, -0.05) is 23.2 Å². The van der Waals surface area contributed by atoms with E-state index in [1.807, 2.05) is 0 Å². The Labute approximate surface area is 127 Å². The summed E-state index contributed by atoms with van der Waals surface area (Å²) in [6.45, 7) is 0. The number of hydrogen-bond acceptors (Lipinski definition) is 4. The van der Waals surface area contributed by atoms with E-state index >= 15 is 0 Å². The van der Waals surface area contributed by atoms with Crippen LogP contribution in [0.15, 0.2) is 47.4 Å². The summed E-state index contributed by atoms with van der Waals surface area (Å²) in [7, 11) is -2.48. The minimum atomic E-state index is -3.98. The van der Waals surface area contributed by atoms with Gasteiger partial charge in [0.15, 0.2) is 5.75 Å². The number of benzene rings is 2. The van der Waals surface area contributed by atoms with Crippen LogP contribution >= 0.6 is 23.2 Å². The zero-order valence-electron chi connectivity index (χ0n) is 10.3. The van der Waals surface area contributed by atoms with Gasteiger partial charge in [-0.05, 0) is 36.4 Å². The Morgan fingerprint density at radius 3 is 2.25 bits per heavy atom. The molecule has 0 heterocycles. The molecular formula is C13H10Cl2O4S. The minimum absolute atomic E-state index is 0.00524. The number of hydrogen-bond donors (Lipinski definition) is 0. The van der Waals surface area contributed by atoms with Crippen molar-refractivity contribution in [3.05, 3.63) is 52.5 Å². The van der Waals surface area contributed by atoms with Crippen molar-refractivity contribution < 1.29 is 17.3 Å². The van der Waals surface area contributed by atoms with Crippen LogP contribution in [0.5, 0.6) is 11.5 Å². The van der Waals surface area contributed by atoms with E-state index in [0.29, 0.717) is 10.8 Å². The first-order valence-corrected chi connectivity index (χ1v) is 7.62. The van der Waals surface area contributed by atoms with E-state index in [1.54, 1.807) is 0 Å². The zero-order chi connectivity index (χ0) is 14.8. The molecule has 0 unspecified atom stereocenters. The molecule has 0 aromatic heterocycles. The van der Waals surface area contributed by atoms with Crippen molar-refractivity contribution in [2.75, 3.05) is 7.11 Å². The van der Waals surface area contributed by atoms with Gasteiger partial charge in [-0.3, -0.25) is 0 Å². The summed E-state index contributed by atoms with van der Waals surface area (Å²) < 4.78 is 34.1. The van der Waals surface area contributed by atoms with Crippen LogP contribution in [-0.4, -0.2) is 15.5 Å². The molecule has 20 heavy (non-hydrogen) atoms. The van der Waals surface area contributed by atoms with E-state index in [4.69, 9.17) is 32.1 Å². The molecule has 0 N–H and O–H groups in total. The van der Waals surface area contributed by atoms with Crippen molar-refractivity contribution >= 4 is 33.3 Å². The number of rotatable bonds is 4. The molecule has 2 rings (SSSR count). The van der Waals surface area contributed by atoms with E-state index in [2.05, 4.69) is 0 Å². The molecule has 0 saturated heterocycles. The van der Waals surface area contributed by atoms with Crippen LogP contribution in [0, 0.1) is 0 Å². The van der Waals surface area contributed by atoms with E-state index in [1.165, 1.54) is 49.6 Å². The lowest BCUT2D eigenvalue weighted by Gasteiger charge is -2.09. The van der Waals surface area contributed by atoms with Crippen LogP contribution in [0.25, 0.3) is 0 Å². The molecule has 7 heteroatoms. The highest BCUT2D eigenvalue weighted by molar-refractivity contribution is 7.87. The molecule has 0 fully saturated rings. The largest absolute Gasteiger partial charge is 0.497 e. The first-order valence-electron chi connectivity index (χ1n) is 5.46. The topological polar surface area (TPSA) is 52.6 Å². The van der Waals surface area contributed by atoms with Gasteiger partial charge >= 0.3 is 10.1 Å². The smallest absolute Gasteiger partial charge is 0.339 e. The first-order chi connectivity index (χ1) is 9.42. The second-order valence-electron chi connectivity index (χ2n) is 3.79. The van der Waals surface area contributed by atoms with Crippen molar-refractivity contribution in [2.24, 2.45) is 0 Å². The highest BCUT2D eigenvalue weighted by Gasteiger charge is 2.18. The van der Waals surface area contributed by atoms with Gasteiger partial charge in [0.25, 0.3) is 0 Å². The van der Waals surface area contributed by atoms with Crippen molar-refractivity contribution in [3.63, 3.8) is 0 Å². The summed E-state index contributed by atoms with van der Waals surface area (Å²) in [5.74, 6) is 0.528. The fourth-order valence-corrected chi connectivity index (χ4v) is 2.75. The third kappa shape index (κ3) is 3.36. The molecule has 0 atom stereocenters. The molecule has 0 saturated carbocycles. The monoisotopic (exact) mass is 332 g/mol. The summed E-state index contributed by atoms with van der Waals surface area (Å²) in [5, 5.41) is 0.487. The highest BCUT2D eigenvalue weighted by Crippen LogP contribution is 2.30. The van der Waals surface area contributed by atoms with Crippen LogP contribution < -0.4 is 8.92 Å². The Morgan fingerprint density at radius 1 is 1.00 bits per heavy atom. The van der Waals surface area contributed by atoms with Gasteiger partial charge in [0.05, 0.1) is 12.1 Å². The third-order valence-corrected chi connectivity index (χ3v) is 4.24. The van der Waals surface area contributed by atoms with Crippen molar-refractivity contribution in [1.29, 1.82) is 0 Å². The van der Waals surface area contributed by atoms with Crippen molar-refractivity contribution in [3.8, 4) is 11.5 Å². The van der Waals surface area contributed by atoms with E-state index in [9.17, 15) is 8.42 Å². The molecule has 0 spiro atoms. The van der Waals surface area contributed by atoms with E-state index in [0.717, 1.165) is 0 Å². The summed E-state index contributed by atoms with van der Waals surface area (Å²) in [6.07, 6.45) is 0. The zero-order valence-corrected chi connectivity index (χ0v) is 12.7. The highest BCUT2D eigenvalue weighted by atomic mass is 35.5. The van der Waals surface area contributed by atoms with Crippen LogP contribution in [0.1, 0.15) is 0 Å². The van der Waals surface area contributed by atoms with E-state index in [-0.39, 0.29) is 15.7 Å². The van der Waals surface area contributed by atoms with Crippen molar-refractivity contribution in [2.45, 2.75) is 4.90 Å². The van der Waals surface area contributed by atoms with E-state index < -0.39 is 10.1 Å². The van der Waals surface area contributed by atoms with Gasteiger partial charge in [-0.15, -0.1) is 0 Å². The number of ether oxygens (including phenoxy) is 1. The van der Waals surface area contributed by atoms with Crippen LogP contribution in [0.2, 0.25) is 10.0 Å². The lowest BCUT2D eigenvalue weighted by atomic mass is 10.3. The number of methoxy groups -OCH3 is 1. The minimum Gasteiger partial charge on any atom is -0.497 e. The summed E-state index contributed by atoms with van der Waals surface area (Å²) in [4.78, 5) is -0.00524. The Kier molecular flexibility index (Phi) is 4.42. The Balaban J connectivity index is 2.32. The maximum absolute atomic E-state index is 12.1. The molecule has 0 radical (unpaired) electrons. The molecule has 106 valence electrons. The van der Waals surface area contributed by atoms with Gasteiger partial charge in [0, 0.05) is 11.1 Å². The fraction of sp³-hybridized carbons (Fsp3) is 0.0769. The average Bonchev–Trinajstić information content (AvgIpc) is 2.43. The predicted octanol–water partition coefficient (Wildman–Crippen LogP) is 3.77.